The quantitative estimate of drug-likeness (QED) is 0.458. The molecule has 3 N–H and O–H groups in total. The summed E-state index contributed by atoms with van der Waals surface area (Å²) in [7, 11) is 4.48. The number of hydrogen-bond donors (Lipinski definition) is 2. The molecule has 1 aliphatic rings. The highest BCUT2D eigenvalue weighted by molar-refractivity contribution is 4.56. The highest BCUT2D eigenvalue weighted by Gasteiger charge is 2.18. The van der Waals surface area contributed by atoms with E-state index in [2.05, 4.69) is 19.4 Å². The molecule has 1 atom stereocenters. The third kappa shape index (κ3) is 2.67. The van der Waals surface area contributed by atoms with Gasteiger partial charge in [0.25, 0.3) is 0 Å². The Bertz CT molecular complexity index is 85.3. The topological polar surface area (TPSA) is 21.1 Å². The van der Waals surface area contributed by atoms with E-state index in [9.17, 15) is 0 Å². The fourth-order valence-electron chi connectivity index (χ4n) is 1.73. The van der Waals surface area contributed by atoms with Crippen LogP contribution in [0.3, 0.4) is 0 Å². The molecule has 0 bridgehead atoms. The van der Waals surface area contributed by atoms with Crippen LogP contribution < -0.4 is 10.2 Å². The van der Waals surface area contributed by atoms with Crippen molar-refractivity contribution >= 4 is 0 Å². The first-order valence-corrected chi connectivity index (χ1v) is 4.41. The molecule has 0 spiro atoms. The lowest BCUT2D eigenvalue weighted by Crippen LogP contribution is -3.11. The van der Waals surface area contributed by atoms with E-state index in [1.807, 2.05) is 0 Å². The first-order chi connectivity index (χ1) is 4.79. The average Bonchev–Trinajstić information content (AvgIpc) is 1.88. The van der Waals surface area contributed by atoms with Gasteiger partial charge in [-0.1, -0.05) is 0 Å². The molecule has 1 heterocycles. The van der Waals surface area contributed by atoms with Crippen molar-refractivity contribution in [2.75, 3.05) is 27.2 Å². The third-order valence-corrected chi connectivity index (χ3v) is 2.20. The van der Waals surface area contributed by atoms with Crippen molar-refractivity contribution in [1.29, 1.82) is 0 Å². The van der Waals surface area contributed by atoms with Crippen LogP contribution in [0.1, 0.15) is 19.3 Å². The summed E-state index contributed by atoms with van der Waals surface area (Å²) < 4.78 is 0. The maximum Gasteiger partial charge on any atom is 0.135 e. The van der Waals surface area contributed by atoms with Gasteiger partial charge in [0.15, 0.2) is 0 Å². The smallest absolute Gasteiger partial charge is 0.135 e. The molecule has 1 fully saturated rings. The normalized spacial score (nSPS) is 27.3. The summed E-state index contributed by atoms with van der Waals surface area (Å²) in [5, 5.41) is 2.51. The summed E-state index contributed by atoms with van der Waals surface area (Å²) in [6, 6.07) is 0.916. The second-order valence-corrected chi connectivity index (χ2v) is 3.69. The lowest BCUT2D eigenvalue weighted by molar-refractivity contribution is -0.884. The van der Waals surface area contributed by atoms with Gasteiger partial charge in [-0.3, -0.25) is 0 Å². The Morgan fingerprint density at radius 2 is 2.20 bits per heavy atom. The van der Waals surface area contributed by atoms with E-state index in [0.717, 1.165) is 6.04 Å². The average molecular weight is 144 g/mol. The van der Waals surface area contributed by atoms with Crippen molar-refractivity contribution in [3.05, 3.63) is 0 Å². The molecule has 0 aromatic rings. The van der Waals surface area contributed by atoms with Crippen LogP contribution in [0.4, 0.5) is 0 Å². The number of piperidine rings is 1. The second kappa shape index (κ2) is 3.94. The molecular weight excluding hydrogens is 124 g/mol. The molecule has 0 amide bonds. The van der Waals surface area contributed by atoms with E-state index < -0.39 is 0 Å². The predicted molar refractivity (Wildman–Crippen MR) is 42.1 cm³/mol. The Labute approximate surface area is 63.6 Å². The van der Waals surface area contributed by atoms with Gasteiger partial charge < -0.3 is 10.2 Å². The first kappa shape index (κ1) is 8.02. The number of nitrogens with two attached hydrogens (primary N) is 1. The van der Waals surface area contributed by atoms with Gasteiger partial charge in [-0.05, 0) is 12.8 Å². The summed E-state index contributed by atoms with van der Waals surface area (Å²) in [4.78, 5) is 1.59. The van der Waals surface area contributed by atoms with E-state index in [1.54, 1.807) is 4.90 Å². The number of likely N-dealkylation sites (N-methyl/N-ethyl adjacent to an activating group) is 1. The molecule has 1 aliphatic heterocycles. The molecule has 60 valence electrons. The molecule has 0 saturated carbocycles. The molecule has 0 unspecified atom stereocenters. The summed E-state index contributed by atoms with van der Waals surface area (Å²) in [6.07, 6.45) is 4.32. The van der Waals surface area contributed by atoms with Gasteiger partial charge in [0.2, 0.25) is 0 Å². The number of quaternary nitrogens is 2. The number of hydrogen-bond acceptors (Lipinski definition) is 0. The minimum Gasteiger partial charge on any atom is -0.339 e. The summed E-state index contributed by atoms with van der Waals surface area (Å²) in [6.45, 7) is 2.69. The van der Waals surface area contributed by atoms with Gasteiger partial charge >= 0.3 is 0 Å². The number of rotatable bonds is 2. The van der Waals surface area contributed by atoms with Crippen LogP contribution in [0.25, 0.3) is 0 Å². The summed E-state index contributed by atoms with van der Waals surface area (Å²) in [5.74, 6) is 0. The molecule has 0 aromatic carbocycles. The number of nitrogens with one attached hydrogen (secondary N) is 1. The Morgan fingerprint density at radius 3 is 2.70 bits per heavy atom. The van der Waals surface area contributed by atoms with E-state index in [0.29, 0.717) is 0 Å². The Kier molecular flexibility index (Phi) is 3.16. The largest absolute Gasteiger partial charge is 0.339 e. The fourth-order valence-corrected chi connectivity index (χ4v) is 1.73. The Balaban J connectivity index is 2.13. The van der Waals surface area contributed by atoms with Crippen LogP contribution in [0.15, 0.2) is 0 Å². The second-order valence-electron chi connectivity index (χ2n) is 3.69. The zero-order valence-electron chi connectivity index (χ0n) is 7.19. The summed E-state index contributed by atoms with van der Waals surface area (Å²) >= 11 is 0. The molecule has 0 radical (unpaired) electrons. The fraction of sp³-hybridized carbons (Fsp3) is 1.00. The monoisotopic (exact) mass is 144 g/mol. The zero-order valence-corrected chi connectivity index (χ0v) is 7.19. The predicted octanol–water partition coefficient (Wildman–Crippen LogP) is -1.75. The van der Waals surface area contributed by atoms with Crippen molar-refractivity contribution in [3.8, 4) is 0 Å². The SMILES string of the molecule is C[NH+](C)C[C@H]1CCCC[NH2+]1. The van der Waals surface area contributed by atoms with Gasteiger partial charge in [0.1, 0.15) is 12.6 Å². The van der Waals surface area contributed by atoms with Gasteiger partial charge in [-0.2, -0.15) is 0 Å². The van der Waals surface area contributed by atoms with E-state index >= 15 is 0 Å². The third-order valence-electron chi connectivity index (χ3n) is 2.20. The molecule has 1 rings (SSSR count). The van der Waals surface area contributed by atoms with Gasteiger partial charge in [-0.15, -0.1) is 0 Å². The van der Waals surface area contributed by atoms with Gasteiger partial charge in [0.05, 0.1) is 20.6 Å². The van der Waals surface area contributed by atoms with E-state index in [1.165, 1.54) is 32.4 Å². The molecule has 0 aromatic heterocycles. The van der Waals surface area contributed by atoms with Crippen molar-refractivity contribution in [2.24, 2.45) is 0 Å². The minimum absolute atomic E-state index is 0.916. The maximum absolute atomic E-state index is 2.51. The molecule has 2 heteroatoms. The molecule has 10 heavy (non-hydrogen) atoms. The van der Waals surface area contributed by atoms with Crippen molar-refractivity contribution in [1.82, 2.24) is 0 Å². The highest BCUT2D eigenvalue weighted by Crippen LogP contribution is 1.98. The zero-order chi connectivity index (χ0) is 7.40. The standard InChI is InChI=1S/C8H18N2/c1-10(2)7-8-5-3-4-6-9-8/h8-9H,3-7H2,1-2H3/p+2/t8-/m1/s1. The van der Waals surface area contributed by atoms with Crippen LogP contribution in [0.2, 0.25) is 0 Å². The molecule has 0 aliphatic carbocycles. The molecule has 2 nitrogen and oxygen atoms in total. The Morgan fingerprint density at radius 1 is 1.40 bits per heavy atom. The van der Waals surface area contributed by atoms with Crippen LogP contribution in [-0.2, 0) is 0 Å². The maximum atomic E-state index is 2.51. The molecule has 1 saturated heterocycles. The Hall–Kier alpha value is -0.0800. The highest BCUT2D eigenvalue weighted by atomic mass is 15.1. The lowest BCUT2D eigenvalue weighted by Gasteiger charge is -2.20. The lowest BCUT2D eigenvalue weighted by atomic mass is 10.1. The van der Waals surface area contributed by atoms with Crippen LogP contribution in [0.5, 0.6) is 0 Å². The van der Waals surface area contributed by atoms with E-state index in [-0.39, 0.29) is 0 Å². The van der Waals surface area contributed by atoms with Crippen molar-refractivity contribution < 1.29 is 10.2 Å². The van der Waals surface area contributed by atoms with Crippen molar-refractivity contribution in [2.45, 2.75) is 25.3 Å². The van der Waals surface area contributed by atoms with Gasteiger partial charge in [-0.25, -0.2) is 0 Å². The van der Waals surface area contributed by atoms with Crippen LogP contribution in [0, 0.1) is 0 Å². The van der Waals surface area contributed by atoms with Crippen molar-refractivity contribution in [3.63, 3.8) is 0 Å². The van der Waals surface area contributed by atoms with E-state index in [4.69, 9.17) is 0 Å². The van der Waals surface area contributed by atoms with Gasteiger partial charge in [0, 0.05) is 6.42 Å². The van der Waals surface area contributed by atoms with Crippen LogP contribution in [-0.4, -0.2) is 33.2 Å². The summed E-state index contributed by atoms with van der Waals surface area (Å²) in [5.41, 5.74) is 0. The van der Waals surface area contributed by atoms with Crippen LogP contribution >= 0.6 is 0 Å². The molecular formula is C8H20N2+2. The minimum atomic E-state index is 0.916. The first-order valence-electron chi connectivity index (χ1n) is 4.41.